The van der Waals surface area contributed by atoms with E-state index < -0.39 is 9.84 Å². The Hall–Kier alpha value is -2.68. The molecule has 0 radical (unpaired) electrons. The number of anilines is 1. The van der Waals surface area contributed by atoms with Crippen molar-refractivity contribution in [2.45, 2.75) is 18.2 Å². The number of amides is 1. The topological polar surface area (TPSA) is 82.6 Å². The van der Waals surface area contributed by atoms with E-state index in [1.165, 1.54) is 0 Å². The summed E-state index contributed by atoms with van der Waals surface area (Å²) in [5.41, 5.74) is 4.93. The fourth-order valence-corrected chi connectivity index (χ4v) is 5.53. The van der Waals surface area contributed by atoms with Crippen molar-refractivity contribution in [3.63, 3.8) is 0 Å². The number of sulfone groups is 1. The second-order valence-corrected chi connectivity index (χ2v) is 10.4. The van der Waals surface area contributed by atoms with E-state index in [1.807, 2.05) is 30.1 Å². The molecule has 1 aromatic heterocycles. The van der Waals surface area contributed by atoms with Gasteiger partial charge in [-0.2, -0.15) is 0 Å². The Balaban J connectivity index is 1.32. The monoisotopic (exact) mass is 472 g/mol. The number of halogens is 1. The summed E-state index contributed by atoms with van der Waals surface area (Å²) in [7, 11) is -3.62. The van der Waals surface area contributed by atoms with Crippen LogP contribution in [0.25, 0.3) is 10.8 Å². The van der Waals surface area contributed by atoms with E-state index in [0.717, 1.165) is 29.9 Å². The van der Waals surface area contributed by atoms with Crippen LogP contribution in [0.3, 0.4) is 0 Å². The molecule has 2 aromatic carbocycles. The van der Waals surface area contributed by atoms with E-state index in [0.29, 0.717) is 23.5 Å². The van der Waals surface area contributed by atoms with Crippen LogP contribution >= 0.6 is 11.6 Å². The number of fused-ring (bicyclic) bond motifs is 1. The quantitative estimate of drug-likeness (QED) is 0.593. The highest BCUT2D eigenvalue weighted by molar-refractivity contribution is 7.91. The van der Waals surface area contributed by atoms with Gasteiger partial charge in [0.15, 0.2) is 9.84 Å². The molecule has 1 aliphatic heterocycles. The third kappa shape index (κ3) is 5.20. The number of carbonyl (C=O) groups excluding carboxylic acids is 1. The molecule has 0 spiro atoms. The second kappa shape index (κ2) is 9.44. The van der Waals surface area contributed by atoms with Gasteiger partial charge in [0, 0.05) is 60.6 Å². The summed E-state index contributed by atoms with van der Waals surface area (Å²) in [6, 6.07) is 14.2. The molecular formula is C23H25ClN4O3S. The molecular weight excluding hydrogens is 448 g/mol. The Morgan fingerprint density at radius 2 is 1.88 bits per heavy atom. The lowest BCUT2D eigenvalue weighted by molar-refractivity contribution is -0.125. The maximum Gasteiger partial charge on any atom is 0.235 e. The summed E-state index contributed by atoms with van der Waals surface area (Å²) in [4.78, 5) is 19.1. The normalized spacial score (nSPS) is 15.1. The number of piperazine rings is 1. The van der Waals surface area contributed by atoms with Gasteiger partial charge in [-0.1, -0.05) is 29.8 Å². The molecule has 0 atom stereocenters. The first-order chi connectivity index (χ1) is 15.3. The summed E-state index contributed by atoms with van der Waals surface area (Å²) in [6.45, 7) is 4.80. The van der Waals surface area contributed by atoms with Crippen molar-refractivity contribution in [3.8, 4) is 0 Å². The zero-order chi connectivity index (χ0) is 22.7. The number of benzene rings is 2. The van der Waals surface area contributed by atoms with E-state index in [-0.39, 0.29) is 23.0 Å². The van der Waals surface area contributed by atoms with Crippen molar-refractivity contribution < 1.29 is 13.2 Å². The molecule has 1 amide bonds. The van der Waals surface area contributed by atoms with Gasteiger partial charge < -0.3 is 4.90 Å². The van der Waals surface area contributed by atoms with Gasteiger partial charge in [-0.05, 0) is 42.6 Å². The Labute approximate surface area is 192 Å². The molecule has 0 aliphatic carbocycles. The number of hydrazine groups is 1. The third-order valence-electron chi connectivity index (χ3n) is 5.54. The molecule has 1 fully saturated rings. The maximum absolute atomic E-state index is 12.9. The van der Waals surface area contributed by atoms with Gasteiger partial charge in [-0.15, -0.1) is 0 Å². The minimum absolute atomic E-state index is 0.101. The third-order valence-corrected chi connectivity index (χ3v) is 7.55. The van der Waals surface area contributed by atoms with Crippen LogP contribution in [0.1, 0.15) is 12.1 Å². The largest absolute Gasteiger partial charge is 0.369 e. The van der Waals surface area contributed by atoms with Crippen molar-refractivity contribution in [1.29, 1.82) is 0 Å². The lowest BCUT2D eigenvalue weighted by Gasteiger charge is -2.36. The predicted molar refractivity (Wildman–Crippen MR) is 127 cm³/mol. The highest BCUT2D eigenvalue weighted by Gasteiger charge is 2.22. The van der Waals surface area contributed by atoms with E-state index in [9.17, 15) is 13.2 Å². The van der Waals surface area contributed by atoms with Crippen LogP contribution in [0, 0.1) is 6.92 Å². The van der Waals surface area contributed by atoms with Crippen molar-refractivity contribution in [2.24, 2.45) is 0 Å². The Morgan fingerprint density at radius 1 is 1.09 bits per heavy atom. The van der Waals surface area contributed by atoms with Gasteiger partial charge in [-0.3, -0.25) is 15.2 Å². The molecule has 0 saturated carbocycles. The number of aryl methyl sites for hydroxylation is 1. The lowest BCUT2D eigenvalue weighted by Crippen LogP contribution is -2.53. The van der Waals surface area contributed by atoms with Gasteiger partial charge in [0.05, 0.1) is 10.6 Å². The Morgan fingerprint density at radius 3 is 2.62 bits per heavy atom. The standard InChI is InChI=1S/C23H25ClN4O3S/c1-17-15-20(7-9-25-17)27-10-12-28(13-11-27)26-23(29)8-14-32(30,31)22-4-2-3-18-16-19(24)5-6-21(18)22/h2-7,9,15-16H,8,10-14H2,1H3,(H,26,29). The summed E-state index contributed by atoms with van der Waals surface area (Å²) in [5, 5.41) is 3.76. The first-order valence-electron chi connectivity index (χ1n) is 10.4. The Kier molecular flexibility index (Phi) is 6.64. The van der Waals surface area contributed by atoms with Crippen molar-refractivity contribution in [2.75, 3.05) is 36.8 Å². The number of rotatable bonds is 6. The minimum Gasteiger partial charge on any atom is -0.369 e. The van der Waals surface area contributed by atoms with Gasteiger partial charge >= 0.3 is 0 Å². The molecule has 168 valence electrons. The maximum atomic E-state index is 12.9. The molecule has 0 bridgehead atoms. The minimum atomic E-state index is -3.62. The summed E-state index contributed by atoms with van der Waals surface area (Å²) in [5.74, 6) is -0.554. The number of pyridine rings is 1. The van der Waals surface area contributed by atoms with Crippen LogP contribution in [0.2, 0.25) is 5.02 Å². The predicted octanol–water partition coefficient (Wildman–Crippen LogP) is 3.21. The smallest absolute Gasteiger partial charge is 0.235 e. The average Bonchev–Trinajstić information content (AvgIpc) is 2.78. The zero-order valence-electron chi connectivity index (χ0n) is 17.8. The fraction of sp³-hybridized carbons (Fsp3) is 0.304. The molecule has 1 N–H and O–H groups in total. The number of hydrogen-bond donors (Lipinski definition) is 1. The van der Waals surface area contributed by atoms with Crippen molar-refractivity contribution in [3.05, 3.63) is 65.4 Å². The molecule has 32 heavy (non-hydrogen) atoms. The number of hydrogen-bond acceptors (Lipinski definition) is 6. The molecule has 4 rings (SSSR count). The van der Waals surface area contributed by atoms with Gasteiger partial charge in [0.2, 0.25) is 5.91 Å². The highest BCUT2D eigenvalue weighted by atomic mass is 35.5. The van der Waals surface area contributed by atoms with E-state index >= 15 is 0 Å². The molecule has 0 unspecified atom stereocenters. The number of carbonyl (C=O) groups is 1. The molecule has 1 saturated heterocycles. The van der Waals surface area contributed by atoms with Crippen LogP contribution in [0.5, 0.6) is 0 Å². The lowest BCUT2D eigenvalue weighted by atomic mass is 10.1. The van der Waals surface area contributed by atoms with Crippen LogP contribution in [0.15, 0.2) is 59.6 Å². The Bertz CT molecular complexity index is 1240. The van der Waals surface area contributed by atoms with E-state index in [4.69, 9.17) is 11.6 Å². The zero-order valence-corrected chi connectivity index (χ0v) is 19.4. The van der Waals surface area contributed by atoms with Gasteiger partial charge in [0.1, 0.15) is 0 Å². The van der Waals surface area contributed by atoms with Crippen LogP contribution in [0.4, 0.5) is 5.69 Å². The van der Waals surface area contributed by atoms with Crippen LogP contribution in [-0.2, 0) is 14.6 Å². The average molecular weight is 473 g/mol. The first-order valence-corrected chi connectivity index (χ1v) is 12.5. The van der Waals surface area contributed by atoms with Crippen LogP contribution < -0.4 is 10.3 Å². The number of nitrogens with zero attached hydrogens (tertiary/aromatic N) is 3. The van der Waals surface area contributed by atoms with E-state index in [2.05, 4.69) is 15.3 Å². The molecule has 3 aromatic rings. The number of nitrogens with one attached hydrogen (secondary N) is 1. The molecule has 7 nitrogen and oxygen atoms in total. The molecule has 2 heterocycles. The van der Waals surface area contributed by atoms with Crippen LogP contribution in [-0.4, -0.2) is 56.2 Å². The second-order valence-electron chi connectivity index (χ2n) is 7.85. The molecule has 9 heteroatoms. The van der Waals surface area contributed by atoms with Gasteiger partial charge in [-0.25, -0.2) is 13.4 Å². The summed E-state index contributed by atoms with van der Waals surface area (Å²) >= 11 is 6.02. The summed E-state index contributed by atoms with van der Waals surface area (Å²) in [6.07, 6.45) is 1.69. The SMILES string of the molecule is Cc1cc(N2CCN(NC(=O)CCS(=O)(=O)c3cccc4cc(Cl)ccc34)CC2)ccn1. The fourth-order valence-electron chi connectivity index (χ4n) is 3.87. The van der Waals surface area contributed by atoms with E-state index in [1.54, 1.807) is 36.5 Å². The first kappa shape index (κ1) is 22.5. The summed E-state index contributed by atoms with van der Waals surface area (Å²) < 4.78 is 25.8. The highest BCUT2D eigenvalue weighted by Crippen LogP contribution is 2.26. The van der Waals surface area contributed by atoms with Gasteiger partial charge in [0.25, 0.3) is 0 Å². The van der Waals surface area contributed by atoms with Crippen molar-refractivity contribution in [1.82, 2.24) is 15.4 Å². The van der Waals surface area contributed by atoms with Crippen molar-refractivity contribution >= 4 is 43.8 Å². The molecule has 1 aliphatic rings. The number of aromatic nitrogens is 1.